The molecule has 0 saturated carbocycles. The van der Waals surface area contributed by atoms with Gasteiger partial charge >= 0.3 is 5.97 Å². The second-order valence-electron chi connectivity index (χ2n) is 4.30. The van der Waals surface area contributed by atoms with Crippen molar-refractivity contribution in [1.29, 1.82) is 0 Å². The van der Waals surface area contributed by atoms with E-state index in [1.807, 2.05) is 13.0 Å². The fourth-order valence-electron chi connectivity index (χ4n) is 2.00. The van der Waals surface area contributed by atoms with Gasteiger partial charge in [0.05, 0.1) is 12.3 Å². The highest BCUT2D eigenvalue weighted by Crippen LogP contribution is 2.28. The van der Waals surface area contributed by atoms with Gasteiger partial charge in [0.1, 0.15) is 11.3 Å². The minimum atomic E-state index is -1.26. The summed E-state index contributed by atoms with van der Waals surface area (Å²) in [6, 6.07) is 8.48. The summed E-state index contributed by atoms with van der Waals surface area (Å²) >= 11 is 0. The van der Waals surface area contributed by atoms with Crippen LogP contribution in [0.15, 0.2) is 35.1 Å². The smallest absolute Gasteiger partial charge is 0.341 e. The Kier molecular flexibility index (Phi) is 4.37. The standard InChI is InChI=1S/C15H16N2O4/c1-3-17-14(18)11(15(19)20)9-12(16-17)10-7-5-6-8-13(10)21-4-2/h5-9H,3-4H2,1-2H3,(H,19,20). The molecule has 1 aromatic carbocycles. The molecule has 21 heavy (non-hydrogen) atoms. The molecule has 2 aromatic rings. The molecule has 1 aromatic heterocycles. The van der Waals surface area contributed by atoms with Crippen LogP contribution in [0.1, 0.15) is 24.2 Å². The van der Waals surface area contributed by atoms with E-state index in [9.17, 15) is 9.59 Å². The second kappa shape index (κ2) is 6.21. The fourth-order valence-corrected chi connectivity index (χ4v) is 2.00. The number of benzene rings is 1. The molecule has 110 valence electrons. The first kappa shape index (κ1) is 14.8. The number of nitrogens with zero attached hydrogens (tertiary/aromatic N) is 2. The van der Waals surface area contributed by atoms with Gasteiger partial charge < -0.3 is 9.84 Å². The number of aromatic carboxylic acids is 1. The van der Waals surface area contributed by atoms with Crippen LogP contribution >= 0.6 is 0 Å². The van der Waals surface area contributed by atoms with E-state index < -0.39 is 11.5 Å². The molecule has 0 aliphatic heterocycles. The van der Waals surface area contributed by atoms with E-state index in [1.165, 1.54) is 6.07 Å². The van der Waals surface area contributed by atoms with Crippen LogP contribution < -0.4 is 10.3 Å². The molecule has 0 radical (unpaired) electrons. The number of carboxylic acids is 1. The molecule has 6 nitrogen and oxygen atoms in total. The molecule has 0 fully saturated rings. The van der Waals surface area contributed by atoms with Crippen molar-refractivity contribution in [2.45, 2.75) is 20.4 Å². The predicted octanol–water partition coefficient (Wildman–Crippen LogP) is 2.03. The van der Waals surface area contributed by atoms with E-state index in [4.69, 9.17) is 9.84 Å². The van der Waals surface area contributed by atoms with E-state index in [0.717, 1.165) is 4.68 Å². The molecule has 0 atom stereocenters. The quantitative estimate of drug-likeness (QED) is 0.910. The van der Waals surface area contributed by atoms with Gasteiger partial charge in [-0.3, -0.25) is 4.79 Å². The average Bonchev–Trinajstić information content (AvgIpc) is 2.48. The normalized spacial score (nSPS) is 10.4. The van der Waals surface area contributed by atoms with Crippen molar-refractivity contribution in [3.63, 3.8) is 0 Å². The number of para-hydroxylation sites is 1. The Balaban J connectivity index is 2.67. The van der Waals surface area contributed by atoms with Gasteiger partial charge in [0.15, 0.2) is 0 Å². The minimum absolute atomic E-state index is 0.295. The molecule has 0 aliphatic carbocycles. The van der Waals surface area contributed by atoms with Crippen molar-refractivity contribution < 1.29 is 14.6 Å². The van der Waals surface area contributed by atoms with E-state index >= 15 is 0 Å². The van der Waals surface area contributed by atoms with Gasteiger partial charge in [-0.25, -0.2) is 9.48 Å². The Labute approximate surface area is 121 Å². The van der Waals surface area contributed by atoms with E-state index in [0.29, 0.717) is 30.2 Å². The third-order valence-corrected chi connectivity index (χ3v) is 2.97. The lowest BCUT2D eigenvalue weighted by Gasteiger charge is -2.11. The molecular weight excluding hydrogens is 272 g/mol. The van der Waals surface area contributed by atoms with Gasteiger partial charge in [0, 0.05) is 12.1 Å². The summed E-state index contributed by atoms with van der Waals surface area (Å²) in [6.07, 6.45) is 0. The topological polar surface area (TPSA) is 81.4 Å². The number of hydrogen-bond donors (Lipinski definition) is 1. The Morgan fingerprint density at radius 2 is 2.05 bits per heavy atom. The summed E-state index contributed by atoms with van der Waals surface area (Å²) in [5, 5.41) is 13.4. The first-order valence-electron chi connectivity index (χ1n) is 6.66. The molecule has 0 spiro atoms. The van der Waals surface area contributed by atoms with E-state index in [-0.39, 0.29) is 5.56 Å². The van der Waals surface area contributed by atoms with Gasteiger partial charge in [0.25, 0.3) is 5.56 Å². The lowest BCUT2D eigenvalue weighted by atomic mass is 10.1. The van der Waals surface area contributed by atoms with Crippen LogP contribution in [0.3, 0.4) is 0 Å². The summed E-state index contributed by atoms with van der Waals surface area (Å²) in [4.78, 5) is 23.1. The first-order valence-corrected chi connectivity index (χ1v) is 6.66. The van der Waals surface area contributed by atoms with Crippen LogP contribution in [0.2, 0.25) is 0 Å². The Morgan fingerprint density at radius 3 is 2.67 bits per heavy atom. The lowest BCUT2D eigenvalue weighted by molar-refractivity contribution is 0.0693. The van der Waals surface area contributed by atoms with E-state index in [1.54, 1.807) is 25.1 Å². The van der Waals surface area contributed by atoms with E-state index in [2.05, 4.69) is 5.10 Å². The van der Waals surface area contributed by atoms with Crippen LogP contribution in [0.25, 0.3) is 11.3 Å². The Bertz CT molecular complexity index is 722. The lowest BCUT2D eigenvalue weighted by Crippen LogP contribution is -2.28. The number of rotatable bonds is 5. The summed E-state index contributed by atoms with van der Waals surface area (Å²) in [5.74, 6) is -0.662. The van der Waals surface area contributed by atoms with Gasteiger partial charge in [0.2, 0.25) is 0 Å². The minimum Gasteiger partial charge on any atom is -0.493 e. The highest BCUT2D eigenvalue weighted by atomic mass is 16.5. The maximum absolute atomic E-state index is 11.9. The molecule has 0 amide bonds. The maximum atomic E-state index is 11.9. The van der Waals surface area contributed by atoms with Crippen molar-refractivity contribution in [3.8, 4) is 17.0 Å². The van der Waals surface area contributed by atoms with Crippen molar-refractivity contribution in [1.82, 2.24) is 9.78 Å². The first-order chi connectivity index (χ1) is 10.1. The monoisotopic (exact) mass is 288 g/mol. The highest BCUT2D eigenvalue weighted by Gasteiger charge is 2.16. The van der Waals surface area contributed by atoms with Crippen molar-refractivity contribution >= 4 is 5.97 Å². The van der Waals surface area contributed by atoms with Crippen molar-refractivity contribution in [3.05, 3.63) is 46.2 Å². The van der Waals surface area contributed by atoms with Gasteiger partial charge in [-0.15, -0.1) is 0 Å². The van der Waals surface area contributed by atoms with Crippen LogP contribution in [-0.4, -0.2) is 27.5 Å². The maximum Gasteiger partial charge on any atom is 0.341 e. The molecule has 0 aliphatic rings. The number of carbonyl (C=O) groups is 1. The zero-order chi connectivity index (χ0) is 15.4. The number of hydrogen-bond acceptors (Lipinski definition) is 4. The molecule has 1 N–H and O–H groups in total. The Morgan fingerprint density at radius 1 is 1.33 bits per heavy atom. The third kappa shape index (κ3) is 2.94. The molecule has 0 saturated heterocycles. The third-order valence-electron chi connectivity index (χ3n) is 2.97. The average molecular weight is 288 g/mol. The van der Waals surface area contributed by atoms with Gasteiger partial charge in [-0.05, 0) is 32.0 Å². The summed E-state index contributed by atoms with van der Waals surface area (Å²) < 4.78 is 6.66. The summed E-state index contributed by atoms with van der Waals surface area (Å²) in [6.45, 7) is 4.37. The SMILES string of the molecule is CCOc1ccccc1-c1cc(C(=O)O)c(=O)n(CC)n1. The summed E-state index contributed by atoms with van der Waals surface area (Å²) in [5.41, 5.74) is 0.151. The Hall–Kier alpha value is -2.63. The largest absolute Gasteiger partial charge is 0.493 e. The van der Waals surface area contributed by atoms with Crippen LogP contribution in [-0.2, 0) is 6.54 Å². The zero-order valence-electron chi connectivity index (χ0n) is 11.9. The van der Waals surface area contributed by atoms with Crippen LogP contribution in [0.5, 0.6) is 5.75 Å². The highest BCUT2D eigenvalue weighted by molar-refractivity contribution is 5.88. The van der Waals surface area contributed by atoms with Gasteiger partial charge in [-0.2, -0.15) is 5.10 Å². The van der Waals surface area contributed by atoms with Crippen LogP contribution in [0.4, 0.5) is 0 Å². The number of aromatic nitrogens is 2. The fraction of sp³-hybridized carbons (Fsp3) is 0.267. The molecule has 6 heteroatoms. The molecular formula is C15H16N2O4. The molecule has 2 rings (SSSR count). The number of aryl methyl sites for hydroxylation is 1. The molecule has 1 heterocycles. The zero-order valence-corrected chi connectivity index (χ0v) is 11.9. The van der Waals surface area contributed by atoms with Crippen molar-refractivity contribution in [2.24, 2.45) is 0 Å². The van der Waals surface area contributed by atoms with Crippen molar-refractivity contribution in [2.75, 3.05) is 6.61 Å². The van der Waals surface area contributed by atoms with Crippen LogP contribution in [0, 0.1) is 0 Å². The predicted molar refractivity (Wildman–Crippen MR) is 77.7 cm³/mol. The molecule has 0 unspecified atom stereocenters. The number of ether oxygens (including phenoxy) is 1. The molecule has 0 bridgehead atoms. The number of carboxylic acid groups (broad SMARTS) is 1. The van der Waals surface area contributed by atoms with Gasteiger partial charge in [-0.1, -0.05) is 12.1 Å². The summed E-state index contributed by atoms with van der Waals surface area (Å²) in [7, 11) is 0. The second-order valence-corrected chi connectivity index (χ2v) is 4.30.